The molecule has 0 bridgehead atoms. The van der Waals surface area contributed by atoms with Crippen molar-refractivity contribution in [2.24, 2.45) is 0 Å². The summed E-state index contributed by atoms with van der Waals surface area (Å²) in [7, 11) is -3.15. The third-order valence-electron chi connectivity index (χ3n) is 3.34. The molecule has 1 atom stereocenters. The van der Waals surface area contributed by atoms with Gasteiger partial charge in [0.05, 0.1) is 16.7 Å². The van der Waals surface area contributed by atoms with Crippen LogP contribution < -0.4 is 10.6 Å². The van der Waals surface area contributed by atoms with Crippen LogP contribution in [-0.4, -0.2) is 37.7 Å². The molecule has 1 aromatic rings. The summed E-state index contributed by atoms with van der Waals surface area (Å²) in [6, 6.07) is 4.92. The number of hydrogen-bond acceptors (Lipinski definition) is 5. The number of sulfone groups is 1. The van der Waals surface area contributed by atoms with Crippen LogP contribution in [0.1, 0.15) is 5.56 Å². The van der Waals surface area contributed by atoms with Crippen LogP contribution in [0.15, 0.2) is 23.1 Å². The Balaban J connectivity index is 1.81. The molecule has 0 saturated carbocycles. The maximum absolute atomic E-state index is 11.9. The fourth-order valence-corrected chi connectivity index (χ4v) is 4.80. The minimum atomic E-state index is -3.15. The Bertz CT molecular complexity index is 622. The van der Waals surface area contributed by atoms with Crippen molar-refractivity contribution in [2.75, 3.05) is 22.7 Å². The van der Waals surface area contributed by atoms with Gasteiger partial charge in [0.15, 0.2) is 9.84 Å². The number of amides is 1. The molecular formula is C12H14N2O3S2. The SMILES string of the molecule is O=C(Nc1ccc2c(c1)S(=O)(=O)CC2)C1CSCN1. The molecule has 1 unspecified atom stereocenters. The van der Waals surface area contributed by atoms with Crippen LogP contribution >= 0.6 is 11.8 Å². The molecule has 102 valence electrons. The number of hydrogen-bond donors (Lipinski definition) is 2. The Hall–Kier alpha value is -1.05. The number of aryl methyl sites for hydroxylation is 1. The molecule has 0 radical (unpaired) electrons. The molecule has 7 heteroatoms. The van der Waals surface area contributed by atoms with E-state index < -0.39 is 9.84 Å². The number of anilines is 1. The predicted octanol–water partition coefficient (Wildman–Crippen LogP) is 0.617. The summed E-state index contributed by atoms with van der Waals surface area (Å²) in [5.41, 5.74) is 1.39. The maximum atomic E-state index is 11.9. The summed E-state index contributed by atoms with van der Waals surface area (Å²) in [6.45, 7) is 0. The summed E-state index contributed by atoms with van der Waals surface area (Å²) >= 11 is 1.67. The standard InChI is InChI=1S/C12H14N2O3S2/c15-12(10-6-18-7-13-10)14-9-2-1-8-3-4-19(16,17)11(8)5-9/h1-2,5,10,13H,3-4,6-7H2,(H,14,15). The van der Waals surface area contributed by atoms with Crippen molar-refractivity contribution in [1.82, 2.24) is 5.32 Å². The molecule has 0 aromatic heterocycles. The molecular weight excluding hydrogens is 284 g/mol. The van der Waals surface area contributed by atoms with Gasteiger partial charge < -0.3 is 5.32 Å². The highest BCUT2D eigenvalue weighted by Crippen LogP contribution is 2.28. The topological polar surface area (TPSA) is 75.3 Å². The lowest BCUT2D eigenvalue weighted by Crippen LogP contribution is -2.37. The lowest BCUT2D eigenvalue weighted by molar-refractivity contribution is -0.117. The van der Waals surface area contributed by atoms with E-state index in [1.54, 1.807) is 30.0 Å². The molecule has 2 N–H and O–H groups in total. The summed E-state index contributed by atoms with van der Waals surface area (Å²) in [6.07, 6.45) is 0.562. The smallest absolute Gasteiger partial charge is 0.242 e. The monoisotopic (exact) mass is 298 g/mol. The second kappa shape index (κ2) is 4.81. The van der Waals surface area contributed by atoms with Crippen LogP contribution in [0, 0.1) is 0 Å². The molecule has 2 aliphatic rings. The third-order valence-corrected chi connectivity index (χ3v) is 6.07. The van der Waals surface area contributed by atoms with Gasteiger partial charge in [0.2, 0.25) is 5.91 Å². The quantitative estimate of drug-likeness (QED) is 0.837. The van der Waals surface area contributed by atoms with Crippen LogP contribution in [0.2, 0.25) is 0 Å². The van der Waals surface area contributed by atoms with E-state index in [-0.39, 0.29) is 17.7 Å². The number of carbonyl (C=O) groups excluding carboxylic acids is 1. The average molecular weight is 298 g/mol. The van der Waals surface area contributed by atoms with Crippen molar-refractivity contribution in [3.05, 3.63) is 23.8 Å². The second-order valence-corrected chi connectivity index (χ2v) is 7.76. The van der Waals surface area contributed by atoms with Crippen molar-refractivity contribution in [2.45, 2.75) is 17.4 Å². The van der Waals surface area contributed by atoms with Gasteiger partial charge in [-0.2, -0.15) is 0 Å². The number of rotatable bonds is 2. The molecule has 1 aromatic carbocycles. The van der Waals surface area contributed by atoms with Crippen molar-refractivity contribution >= 4 is 33.2 Å². The van der Waals surface area contributed by atoms with E-state index >= 15 is 0 Å². The number of thioether (sulfide) groups is 1. The largest absolute Gasteiger partial charge is 0.325 e. The summed E-state index contributed by atoms with van der Waals surface area (Å²) < 4.78 is 23.6. The van der Waals surface area contributed by atoms with Gasteiger partial charge in [0.25, 0.3) is 0 Å². The zero-order valence-corrected chi connectivity index (χ0v) is 11.8. The van der Waals surface area contributed by atoms with E-state index in [1.807, 2.05) is 0 Å². The van der Waals surface area contributed by atoms with E-state index in [9.17, 15) is 13.2 Å². The normalized spacial score (nSPS) is 24.1. The molecule has 0 aliphatic carbocycles. The predicted molar refractivity (Wildman–Crippen MR) is 75.1 cm³/mol. The van der Waals surface area contributed by atoms with Crippen LogP contribution in [0.4, 0.5) is 5.69 Å². The van der Waals surface area contributed by atoms with Crippen LogP contribution in [-0.2, 0) is 21.1 Å². The molecule has 2 aliphatic heterocycles. The third kappa shape index (κ3) is 2.50. The van der Waals surface area contributed by atoms with Gasteiger partial charge in [-0.15, -0.1) is 11.8 Å². The van der Waals surface area contributed by atoms with E-state index in [1.165, 1.54) is 0 Å². The van der Waals surface area contributed by atoms with E-state index in [0.717, 1.165) is 17.2 Å². The van der Waals surface area contributed by atoms with Gasteiger partial charge in [-0.1, -0.05) is 6.07 Å². The first kappa shape index (κ1) is 13.0. The van der Waals surface area contributed by atoms with Crippen molar-refractivity contribution < 1.29 is 13.2 Å². The maximum Gasteiger partial charge on any atom is 0.242 e. The fourth-order valence-electron chi connectivity index (χ4n) is 2.28. The van der Waals surface area contributed by atoms with E-state index in [0.29, 0.717) is 17.0 Å². The zero-order valence-electron chi connectivity index (χ0n) is 10.2. The van der Waals surface area contributed by atoms with Crippen LogP contribution in [0.5, 0.6) is 0 Å². The first-order valence-electron chi connectivity index (χ1n) is 6.04. The minimum Gasteiger partial charge on any atom is -0.325 e. The number of nitrogens with one attached hydrogen (secondary N) is 2. The number of carbonyl (C=O) groups is 1. The summed E-state index contributed by atoms with van der Waals surface area (Å²) in [5, 5.41) is 5.85. The van der Waals surface area contributed by atoms with Gasteiger partial charge in [0, 0.05) is 17.3 Å². The summed E-state index contributed by atoms with van der Waals surface area (Å²) in [4.78, 5) is 12.3. The van der Waals surface area contributed by atoms with E-state index in [4.69, 9.17) is 0 Å². The van der Waals surface area contributed by atoms with Crippen molar-refractivity contribution in [3.63, 3.8) is 0 Å². The van der Waals surface area contributed by atoms with E-state index in [2.05, 4.69) is 10.6 Å². The molecule has 2 heterocycles. The molecule has 5 nitrogen and oxygen atoms in total. The molecule has 19 heavy (non-hydrogen) atoms. The van der Waals surface area contributed by atoms with Gasteiger partial charge >= 0.3 is 0 Å². The number of benzene rings is 1. The van der Waals surface area contributed by atoms with Gasteiger partial charge in [-0.25, -0.2) is 8.42 Å². The Morgan fingerprint density at radius 3 is 3.00 bits per heavy atom. The van der Waals surface area contributed by atoms with Crippen LogP contribution in [0.25, 0.3) is 0 Å². The minimum absolute atomic E-state index is 0.111. The van der Waals surface area contributed by atoms with Crippen molar-refractivity contribution in [3.8, 4) is 0 Å². The fraction of sp³-hybridized carbons (Fsp3) is 0.417. The molecule has 1 fully saturated rings. The molecule has 3 rings (SSSR count). The second-order valence-electron chi connectivity index (χ2n) is 4.65. The van der Waals surface area contributed by atoms with Crippen LogP contribution in [0.3, 0.4) is 0 Å². The average Bonchev–Trinajstić information content (AvgIpc) is 2.99. The zero-order chi connectivity index (χ0) is 13.5. The highest BCUT2D eigenvalue weighted by molar-refractivity contribution is 7.99. The summed E-state index contributed by atoms with van der Waals surface area (Å²) in [5.74, 6) is 1.58. The lowest BCUT2D eigenvalue weighted by atomic mass is 10.1. The molecule has 0 spiro atoms. The first-order valence-corrected chi connectivity index (χ1v) is 8.85. The lowest BCUT2D eigenvalue weighted by Gasteiger charge is -2.11. The van der Waals surface area contributed by atoms with Gasteiger partial charge in [-0.3, -0.25) is 10.1 Å². The van der Waals surface area contributed by atoms with Gasteiger partial charge in [0.1, 0.15) is 0 Å². The first-order chi connectivity index (χ1) is 9.06. The number of fused-ring (bicyclic) bond motifs is 1. The molecule has 1 saturated heterocycles. The highest BCUT2D eigenvalue weighted by Gasteiger charge is 2.27. The Morgan fingerprint density at radius 1 is 1.42 bits per heavy atom. The highest BCUT2D eigenvalue weighted by atomic mass is 32.2. The molecule has 1 amide bonds. The Labute approximate surface area is 116 Å². The van der Waals surface area contributed by atoms with Crippen molar-refractivity contribution in [1.29, 1.82) is 0 Å². The Morgan fingerprint density at radius 2 is 2.26 bits per heavy atom. The van der Waals surface area contributed by atoms with Gasteiger partial charge in [-0.05, 0) is 24.1 Å². The Kier molecular flexibility index (Phi) is 3.28.